The standard InChI is InChI=1S/C25H34BrN3O5/c1-6-12(2)16(11-30)29-21(23(32)28-19-13(3)8-7-9-14(19)4)25-10-15(26)20(34-25)17(22(31)27-5)18(25)24(29)33/h7-9,12,15-18,20-21,30H,6,10-11H2,1-5H3,(H,27,31)(H,28,32)/t12-,15?,16-,17-,18-,20-,21?,25?/m0/s1. The van der Waals surface area contributed by atoms with Gasteiger partial charge in [0, 0.05) is 17.6 Å². The second-order valence-electron chi connectivity index (χ2n) is 9.91. The van der Waals surface area contributed by atoms with Crippen LogP contribution in [0, 0.1) is 31.6 Å². The summed E-state index contributed by atoms with van der Waals surface area (Å²) in [5.41, 5.74) is 1.39. The van der Waals surface area contributed by atoms with Gasteiger partial charge in [0.05, 0.1) is 30.6 Å². The minimum atomic E-state index is -1.14. The second kappa shape index (κ2) is 9.24. The summed E-state index contributed by atoms with van der Waals surface area (Å²) < 4.78 is 6.46. The third kappa shape index (κ3) is 3.58. The van der Waals surface area contributed by atoms with Gasteiger partial charge in [-0.05, 0) is 37.3 Å². The third-order valence-electron chi connectivity index (χ3n) is 8.10. The number of alkyl halides is 1. The molecule has 3 amide bonds. The Morgan fingerprint density at radius 1 is 1.29 bits per heavy atom. The molecule has 0 radical (unpaired) electrons. The minimum Gasteiger partial charge on any atom is -0.394 e. The Morgan fingerprint density at radius 3 is 2.50 bits per heavy atom. The topological polar surface area (TPSA) is 108 Å². The van der Waals surface area contributed by atoms with Crippen LogP contribution in [0.25, 0.3) is 0 Å². The molecule has 4 rings (SSSR count). The maximum Gasteiger partial charge on any atom is 0.250 e. The molecule has 3 unspecified atom stereocenters. The maximum atomic E-state index is 14.0. The molecule has 3 saturated heterocycles. The Bertz CT molecular complexity index is 983. The fraction of sp³-hybridized carbons (Fsp3) is 0.640. The summed E-state index contributed by atoms with van der Waals surface area (Å²) in [5, 5.41) is 16.1. The van der Waals surface area contributed by atoms with E-state index in [1.54, 1.807) is 7.05 Å². The predicted molar refractivity (Wildman–Crippen MR) is 131 cm³/mol. The predicted octanol–water partition coefficient (Wildman–Crippen LogP) is 2.14. The first-order valence-corrected chi connectivity index (χ1v) is 12.9. The van der Waals surface area contributed by atoms with Crippen LogP contribution < -0.4 is 10.6 Å². The molecule has 8 atom stereocenters. The maximum absolute atomic E-state index is 14.0. The number of amides is 3. The number of likely N-dealkylation sites (tertiary alicyclic amines) is 1. The number of fused-ring (bicyclic) bond motifs is 1. The quantitative estimate of drug-likeness (QED) is 0.463. The van der Waals surface area contributed by atoms with Gasteiger partial charge in [-0.2, -0.15) is 0 Å². The van der Waals surface area contributed by atoms with E-state index >= 15 is 0 Å². The van der Waals surface area contributed by atoms with Gasteiger partial charge in [0.2, 0.25) is 17.7 Å². The van der Waals surface area contributed by atoms with Gasteiger partial charge < -0.3 is 25.4 Å². The molecule has 1 spiro atoms. The molecule has 9 heteroatoms. The molecule has 3 heterocycles. The lowest BCUT2D eigenvalue weighted by Crippen LogP contribution is -2.58. The van der Waals surface area contributed by atoms with Crippen LogP contribution in [-0.4, -0.2) is 70.0 Å². The average molecular weight is 536 g/mol. The molecule has 0 saturated carbocycles. The summed E-state index contributed by atoms with van der Waals surface area (Å²) in [5.74, 6) is -2.45. The Hall–Kier alpha value is -1.97. The molecule has 0 aromatic heterocycles. The van der Waals surface area contributed by atoms with Crippen LogP contribution in [0.15, 0.2) is 18.2 Å². The Morgan fingerprint density at radius 2 is 1.94 bits per heavy atom. The smallest absolute Gasteiger partial charge is 0.250 e. The van der Waals surface area contributed by atoms with E-state index in [9.17, 15) is 19.5 Å². The van der Waals surface area contributed by atoms with E-state index in [4.69, 9.17) is 4.74 Å². The van der Waals surface area contributed by atoms with Gasteiger partial charge in [-0.3, -0.25) is 14.4 Å². The molecule has 34 heavy (non-hydrogen) atoms. The van der Waals surface area contributed by atoms with E-state index in [0.29, 0.717) is 12.1 Å². The van der Waals surface area contributed by atoms with E-state index in [1.807, 2.05) is 45.9 Å². The lowest BCUT2D eigenvalue weighted by atomic mass is 9.70. The van der Waals surface area contributed by atoms with E-state index < -0.39 is 35.6 Å². The van der Waals surface area contributed by atoms with Gasteiger partial charge in [-0.1, -0.05) is 54.4 Å². The van der Waals surface area contributed by atoms with Gasteiger partial charge in [-0.25, -0.2) is 0 Å². The van der Waals surface area contributed by atoms with Gasteiger partial charge in [-0.15, -0.1) is 0 Å². The van der Waals surface area contributed by atoms with Crippen LogP contribution in [0.2, 0.25) is 0 Å². The number of aryl methyl sites for hydroxylation is 2. The van der Waals surface area contributed by atoms with Crippen LogP contribution >= 0.6 is 15.9 Å². The number of ether oxygens (including phenoxy) is 1. The number of benzene rings is 1. The number of halogens is 1. The fourth-order valence-corrected chi connectivity index (χ4v) is 7.15. The molecule has 0 aliphatic carbocycles. The first kappa shape index (κ1) is 25.1. The zero-order valence-corrected chi connectivity index (χ0v) is 21.9. The molecule has 1 aromatic carbocycles. The van der Waals surface area contributed by atoms with Crippen molar-refractivity contribution in [2.45, 2.75) is 69.2 Å². The molecule has 1 aromatic rings. The number of hydrogen-bond acceptors (Lipinski definition) is 5. The number of carbonyl (C=O) groups is 3. The number of aliphatic hydroxyl groups is 1. The second-order valence-corrected chi connectivity index (χ2v) is 11.1. The number of nitrogens with zero attached hydrogens (tertiary/aromatic N) is 1. The van der Waals surface area contributed by atoms with E-state index in [0.717, 1.165) is 17.5 Å². The average Bonchev–Trinajstić information content (AvgIpc) is 3.40. The summed E-state index contributed by atoms with van der Waals surface area (Å²) in [4.78, 5) is 42.3. The van der Waals surface area contributed by atoms with Crippen molar-refractivity contribution in [1.29, 1.82) is 0 Å². The Labute approximate surface area is 208 Å². The molecule has 186 valence electrons. The van der Waals surface area contributed by atoms with Crippen molar-refractivity contribution >= 4 is 39.3 Å². The molecule has 2 bridgehead atoms. The van der Waals surface area contributed by atoms with Crippen LogP contribution in [0.4, 0.5) is 5.69 Å². The third-order valence-corrected chi connectivity index (χ3v) is 8.94. The van der Waals surface area contributed by atoms with Crippen molar-refractivity contribution in [2.24, 2.45) is 17.8 Å². The summed E-state index contributed by atoms with van der Waals surface area (Å²) in [6.07, 6.45) is 0.658. The normalized spacial score (nSPS) is 33.6. The first-order chi connectivity index (χ1) is 16.1. The number of nitrogens with one attached hydrogen (secondary N) is 2. The number of aliphatic hydroxyl groups excluding tert-OH is 1. The summed E-state index contributed by atoms with van der Waals surface area (Å²) in [7, 11) is 1.54. The molecular formula is C25H34BrN3O5. The zero-order chi connectivity index (χ0) is 24.9. The molecular weight excluding hydrogens is 502 g/mol. The SMILES string of the molecule is CC[C@H](C)[C@H](CO)N1C(=O)[C@@H]2[C@H](C(=O)NC)[C@H]3OC2(CC3Br)C1C(=O)Nc1c(C)cccc1C. The largest absolute Gasteiger partial charge is 0.394 e. The highest BCUT2D eigenvalue weighted by Crippen LogP contribution is 2.60. The molecule has 3 aliphatic heterocycles. The fourth-order valence-electron chi connectivity index (χ4n) is 6.21. The lowest BCUT2D eigenvalue weighted by molar-refractivity contribution is -0.145. The van der Waals surface area contributed by atoms with Crippen molar-refractivity contribution in [3.63, 3.8) is 0 Å². The van der Waals surface area contributed by atoms with Crippen LogP contribution in [-0.2, 0) is 19.1 Å². The number of para-hydroxylation sites is 1. The molecule has 3 N–H and O–H groups in total. The van der Waals surface area contributed by atoms with Crippen molar-refractivity contribution in [3.8, 4) is 0 Å². The molecule has 3 fully saturated rings. The number of rotatable bonds is 7. The highest BCUT2D eigenvalue weighted by molar-refractivity contribution is 9.09. The van der Waals surface area contributed by atoms with E-state index in [2.05, 4.69) is 26.6 Å². The van der Waals surface area contributed by atoms with Crippen molar-refractivity contribution < 1.29 is 24.2 Å². The van der Waals surface area contributed by atoms with Gasteiger partial charge in [0.15, 0.2) is 0 Å². The number of anilines is 1. The van der Waals surface area contributed by atoms with Crippen LogP contribution in [0.5, 0.6) is 0 Å². The summed E-state index contributed by atoms with van der Waals surface area (Å²) in [6.45, 7) is 7.52. The Balaban J connectivity index is 1.82. The Kier molecular flexibility index (Phi) is 6.83. The molecule has 3 aliphatic rings. The minimum absolute atomic E-state index is 0.0462. The van der Waals surface area contributed by atoms with Gasteiger partial charge in [0.25, 0.3) is 0 Å². The van der Waals surface area contributed by atoms with E-state index in [1.165, 1.54) is 4.90 Å². The number of carbonyl (C=O) groups excluding carboxylic acids is 3. The van der Waals surface area contributed by atoms with Crippen molar-refractivity contribution in [3.05, 3.63) is 29.3 Å². The summed E-state index contributed by atoms with van der Waals surface area (Å²) >= 11 is 3.65. The van der Waals surface area contributed by atoms with Crippen LogP contribution in [0.1, 0.15) is 37.8 Å². The molecule has 8 nitrogen and oxygen atoms in total. The number of hydrogen-bond donors (Lipinski definition) is 3. The van der Waals surface area contributed by atoms with Crippen molar-refractivity contribution in [2.75, 3.05) is 19.0 Å². The highest BCUT2D eigenvalue weighted by atomic mass is 79.9. The first-order valence-electron chi connectivity index (χ1n) is 12.0. The summed E-state index contributed by atoms with van der Waals surface area (Å²) in [6, 6.07) is 4.24. The van der Waals surface area contributed by atoms with Gasteiger partial charge in [0.1, 0.15) is 11.6 Å². The monoisotopic (exact) mass is 535 g/mol. The lowest BCUT2D eigenvalue weighted by Gasteiger charge is -2.39. The zero-order valence-electron chi connectivity index (χ0n) is 20.3. The highest BCUT2D eigenvalue weighted by Gasteiger charge is 2.77. The van der Waals surface area contributed by atoms with Crippen LogP contribution in [0.3, 0.4) is 0 Å². The van der Waals surface area contributed by atoms with E-state index in [-0.39, 0.29) is 35.1 Å². The van der Waals surface area contributed by atoms with Gasteiger partial charge >= 0.3 is 0 Å². The van der Waals surface area contributed by atoms with Crippen molar-refractivity contribution in [1.82, 2.24) is 10.2 Å².